The minimum absolute atomic E-state index is 0.213. The lowest BCUT2D eigenvalue weighted by molar-refractivity contribution is 0.475. The highest BCUT2D eigenvalue weighted by Crippen LogP contribution is 2.40. The maximum absolute atomic E-state index is 9.69. The standard InChI is InChI=1S/C23H19N3O/c27-19-5-3-4-18(14-19)24-23-21-7-2-1-6-20(21)22(25-26-23)17-12-10-16(11-13-17)15-8-9-15/h1-7,10-15,27H,8-9H2,(H,24,26). The van der Waals surface area contributed by atoms with Gasteiger partial charge in [-0.25, -0.2) is 0 Å². The number of hydrogen-bond donors (Lipinski definition) is 2. The summed E-state index contributed by atoms with van der Waals surface area (Å²) in [4.78, 5) is 0. The topological polar surface area (TPSA) is 58.0 Å². The van der Waals surface area contributed by atoms with Gasteiger partial charge in [0.25, 0.3) is 0 Å². The van der Waals surface area contributed by atoms with Crippen molar-refractivity contribution < 1.29 is 5.11 Å². The fourth-order valence-electron chi connectivity index (χ4n) is 3.46. The van der Waals surface area contributed by atoms with E-state index in [9.17, 15) is 5.11 Å². The van der Waals surface area contributed by atoms with Crippen LogP contribution in [0.5, 0.6) is 5.75 Å². The number of aromatic hydroxyl groups is 1. The molecular formula is C23H19N3O. The van der Waals surface area contributed by atoms with Gasteiger partial charge in [0.1, 0.15) is 11.4 Å². The molecule has 1 aromatic heterocycles. The second-order valence-electron chi connectivity index (χ2n) is 7.01. The van der Waals surface area contributed by atoms with Gasteiger partial charge in [0, 0.05) is 28.1 Å². The molecule has 5 rings (SSSR count). The smallest absolute Gasteiger partial charge is 0.161 e. The molecule has 4 nitrogen and oxygen atoms in total. The number of anilines is 2. The summed E-state index contributed by atoms with van der Waals surface area (Å²) in [7, 11) is 0. The summed E-state index contributed by atoms with van der Waals surface area (Å²) in [6.07, 6.45) is 2.61. The molecule has 4 heteroatoms. The van der Waals surface area contributed by atoms with Gasteiger partial charge in [-0.05, 0) is 36.5 Å². The summed E-state index contributed by atoms with van der Waals surface area (Å²) in [6.45, 7) is 0. The molecule has 0 spiro atoms. The van der Waals surface area contributed by atoms with Crippen LogP contribution in [0.1, 0.15) is 24.3 Å². The van der Waals surface area contributed by atoms with Crippen LogP contribution < -0.4 is 5.32 Å². The second-order valence-corrected chi connectivity index (χ2v) is 7.01. The molecule has 1 aliphatic carbocycles. The Bertz CT molecular complexity index is 1120. The van der Waals surface area contributed by atoms with Crippen molar-refractivity contribution in [2.75, 3.05) is 5.32 Å². The molecule has 27 heavy (non-hydrogen) atoms. The first-order valence-corrected chi connectivity index (χ1v) is 9.20. The highest BCUT2D eigenvalue weighted by molar-refractivity contribution is 6.00. The van der Waals surface area contributed by atoms with Gasteiger partial charge in [0.15, 0.2) is 5.82 Å². The molecule has 0 atom stereocenters. The molecule has 1 saturated carbocycles. The van der Waals surface area contributed by atoms with Crippen molar-refractivity contribution in [3.05, 3.63) is 78.4 Å². The van der Waals surface area contributed by atoms with Crippen LogP contribution in [-0.2, 0) is 0 Å². The van der Waals surface area contributed by atoms with Crippen LogP contribution in [0.4, 0.5) is 11.5 Å². The summed E-state index contributed by atoms with van der Waals surface area (Å²) in [5.74, 6) is 1.63. The van der Waals surface area contributed by atoms with Crippen LogP contribution >= 0.6 is 0 Å². The number of phenols is 1. The molecule has 3 aromatic carbocycles. The molecule has 1 aliphatic rings. The van der Waals surface area contributed by atoms with E-state index in [4.69, 9.17) is 0 Å². The third kappa shape index (κ3) is 3.10. The maximum atomic E-state index is 9.69. The molecule has 0 amide bonds. The van der Waals surface area contributed by atoms with E-state index in [0.717, 1.165) is 33.6 Å². The predicted molar refractivity (Wildman–Crippen MR) is 108 cm³/mol. The average molecular weight is 353 g/mol. The van der Waals surface area contributed by atoms with Gasteiger partial charge < -0.3 is 10.4 Å². The Morgan fingerprint density at radius 2 is 1.59 bits per heavy atom. The maximum Gasteiger partial charge on any atom is 0.161 e. The number of nitrogens with one attached hydrogen (secondary N) is 1. The summed E-state index contributed by atoms with van der Waals surface area (Å²) < 4.78 is 0. The SMILES string of the molecule is Oc1cccc(Nc2nnc(-c3ccc(C4CC4)cc3)c3ccccc23)c1. The van der Waals surface area contributed by atoms with Crippen LogP contribution in [0.3, 0.4) is 0 Å². The zero-order valence-electron chi connectivity index (χ0n) is 14.8. The molecule has 0 bridgehead atoms. The second kappa shape index (κ2) is 6.40. The van der Waals surface area contributed by atoms with Crippen LogP contribution in [0.15, 0.2) is 72.8 Å². The molecule has 4 aromatic rings. The molecule has 0 radical (unpaired) electrons. The van der Waals surface area contributed by atoms with Crippen molar-refractivity contribution in [2.24, 2.45) is 0 Å². The van der Waals surface area contributed by atoms with Gasteiger partial charge in [-0.1, -0.05) is 54.6 Å². The van der Waals surface area contributed by atoms with Crippen LogP contribution in [0.25, 0.3) is 22.0 Å². The summed E-state index contributed by atoms with van der Waals surface area (Å²) in [5, 5.41) is 23.9. The van der Waals surface area contributed by atoms with E-state index < -0.39 is 0 Å². The summed E-state index contributed by atoms with van der Waals surface area (Å²) in [5.41, 5.74) is 4.15. The average Bonchev–Trinajstić information content (AvgIpc) is 3.54. The first kappa shape index (κ1) is 15.8. The molecule has 0 saturated heterocycles. The van der Waals surface area contributed by atoms with E-state index in [1.165, 1.54) is 18.4 Å². The van der Waals surface area contributed by atoms with Crippen LogP contribution in [-0.4, -0.2) is 15.3 Å². The Morgan fingerprint density at radius 3 is 2.33 bits per heavy atom. The lowest BCUT2D eigenvalue weighted by Crippen LogP contribution is -1.99. The number of aromatic nitrogens is 2. The van der Waals surface area contributed by atoms with Crippen molar-refractivity contribution >= 4 is 22.3 Å². The Balaban J connectivity index is 1.57. The zero-order valence-corrected chi connectivity index (χ0v) is 14.8. The van der Waals surface area contributed by atoms with Gasteiger partial charge in [-0.15, -0.1) is 10.2 Å². The number of benzene rings is 3. The first-order chi connectivity index (χ1) is 13.3. The third-order valence-electron chi connectivity index (χ3n) is 5.03. The van der Waals surface area contributed by atoms with Crippen molar-refractivity contribution in [3.63, 3.8) is 0 Å². The minimum atomic E-state index is 0.213. The summed E-state index contributed by atoms with van der Waals surface area (Å²) >= 11 is 0. The van der Waals surface area contributed by atoms with E-state index >= 15 is 0 Å². The Morgan fingerprint density at radius 1 is 0.815 bits per heavy atom. The van der Waals surface area contributed by atoms with Gasteiger partial charge >= 0.3 is 0 Å². The first-order valence-electron chi connectivity index (χ1n) is 9.20. The van der Waals surface area contributed by atoms with Crippen LogP contribution in [0.2, 0.25) is 0 Å². The van der Waals surface area contributed by atoms with Crippen molar-refractivity contribution in [1.29, 1.82) is 0 Å². The molecule has 132 valence electrons. The quantitative estimate of drug-likeness (QED) is 0.500. The van der Waals surface area contributed by atoms with Gasteiger partial charge in [-0.2, -0.15) is 0 Å². The fourth-order valence-corrected chi connectivity index (χ4v) is 3.46. The zero-order chi connectivity index (χ0) is 18.2. The van der Waals surface area contributed by atoms with E-state index in [2.05, 4.69) is 45.8 Å². The highest BCUT2D eigenvalue weighted by Gasteiger charge is 2.23. The van der Waals surface area contributed by atoms with Gasteiger partial charge in [0.2, 0.25) is 0 Å². The van der Waals surface area contributed by atoms with E-state index in [-0.39, 0.29) is 5.75 Å². The van der Waals surface area contributed by atoms with Crippen molar-refractivity contribution in [2.45, 2.75) is 18.8 Å². The molecule has 2 N–H and O–H groups in total. The van der Waals surface area contributed by atoms with E-state index in [1.807, 2.05) is 24.3 Å². The number of fused-ring (bicyclic) bond motifs is 1. The normalized spacial score (nSPS) is 13.6. The minimum Gasteiger partial charge on any atom is -0.508 e. The van der Waals surface area contributed by atoms with Crippen molar-refractivity contribution in [3.8, 4) is 17.0 Å². The predicted octanol–water partition coefficient (Wildman–Crippen LogP) is 5.62. The number of phenolic OH excluding ortho intramolecular Hbond substituents is 1. The fraction of sp³-hybridized carbons (Fsp3) is 0.130. The van der Waals surface area contributed by atoms with Gasteiger partial charge in [0.05, 0.1) is 0 Å². The van der Waals surface area contributed by atoms with E-state index in [1.54, 1.807) is 18.2 Å². The van der Waals surface area contributed by atoms with Crippen molar-refractivity contribution in [1.82, 2.24) is 10.2 Å². The largest absolute Gasteiger partial charge is 0.508 e. The molecule has 1 heterocycles. The number of rotatable bonds is 4. The molecule has 0 aliphatic heterocycles. The number of nitrogens with zero attached hydrogens (tertiary/aromatic N) is 2. The lowest BCUT2D eigenvalue weighted by Gasteiger charge is -2.11. The Kier molecular flexibility index (Phi) is 3.75. The monoisotopic (exact) mass is 353 g/mol. The lowest BCUT2D eigenvalue weighted by atomic mass is 10.0. The number of hydrogen-bond acceptors (Lipinski definition) is 4. The van der Waals surface area contributed by atoms with Crippen LogP contribution in [0, 0.1) is 0 Å². The van der Waals surface area contributed by atoms with E-state index in [0.29, 0.717) is 5.82 Å². The highest BCUT2D eigenvalue weighted by atomic mass is 16.3. The molecule has 1 fully saturated rings. The Labute approximate surface area is 157 Å². The molecular weight excluding hydrogens is 334 g/mol. The Hall–Kier alpha value is -3.40. The van der Waals surface area contributed by atoms with Gasteiger partial charge in [-0.3, -0.25) is 0 Å². The molecule has 0 unspecified atom stereocenters. The third-order valence-corrected chi connectivity index (χ3v) is 5.03. The summed E-state index contributed by atoms with van der Waals surface area (Å²) in [6, 6.07) is 23.8.